The second kappa shape index (κ2) is 6.47. The average Bonchev–Trinajstić information content (AvgIpc) is 2.47. The van der Waals surface area contributed by atoms with Crippen LogP contribution in [0.25, 0.3) is 0 Å². The number of hydrogen-bond acceptors (Lipinski definition) is 4. The molecular formula is C14H18N2O4. The topological polar surface area (TPSA) is 72.7 Å². The quantitative estimate of drug-likeness (QED) is 0.625. The Morgan fingerprint density at radius 1 is 1.45 bits per heavy atom. The first-order valence-electron chi connectivity index (χ1n) is 6.77. The molecule has 20 heavy (non-hydrogen) atoms. The summed E-state index contributed by atoms with van der Waals surface area (Å²) in [6.07, 6.45) is 1.98. The number of non-ortho nitro benzene ring substituents is 1. The summed E-state index contributed by atoms with van der Waals surface area (Å²) in [6.45, 7) is 3.88. The highest BCUT2D eigenvalue weighted by atomic mass is 16.6. The van der Waals surface area contributed by atoms with E-state index in [1.165, 1.54) is 24.3 Å². The van der Waals surface area contributed by atoms with Gasteiger partial charge in [-0.05, 0) is 31.9 Å². The Morgan fingerprint density at radius 2 is 2.15 bits per heavy atom. The molecule has 1 aromatic rings. The van der Waals surface area contributed by atoms with Gasteiger partial charge in [-0.3, -0.25) is 14.9 Å². The molecule has 0 N–H and O–H groups in total. The molecule has 0 radical (unpaired) electrons. The summed E-state index contributed by atoms with van der Waals surface area (Å²) in [6, 6.07) is 5.73. The molecule has 1 aliphatic rings. The smallest absolute Gasteiger partial charge is 0.269 e. The Bertz CT molecular complexity index is 484. The molecule has 0 bridgehead atoms. The maximum absolute atomic E-state index is 12.3. The molecule has 0 saturated carbocycles. The minimum Gasteiger partial charge on any atom is -0.377 e. The summed E-state index contributed by atoms with van der Waals surface area (Å²) < 4.78 is 5.57. The van der Waals surface area contributed by atoms with E-state index in [9.17, 15) is 14.9 Å². The van der Waals surface area contributed by atoms with Gasteiger partial charge in [0.05, 0.1) is 11.0 Å². The highest BCUT2D eigenvalue weighted by Gasteiger charge is 2.24. The van der Waals surface area contributed by atoms with Crippen LogP contribution in [0.2, 0.25) is 0 Å². The van der Waals surface area contributed by atoms with Gasteiger partial charge in [0.1, 0.15) is 0 Å². The third kappa shape index (κ3) is 3.33. The third-order valence-electron chi connectivity index (χ3n) is 3.39. The number of carbonyl (C=O) groups excluding carboxylic acids is 1. The zero-order chi connectivity index (χ0) is 14.5. The van der Waals surface area contributed by atoms with E-state index in [4.69, 9.17) is 4.74 Å². The number of amides is 1. The van der Waals surface area contributed by atoms with Gasteiger partial charge in [0, 0.05) is 37.4 Å². The molecule has 0 unspecified atom stereocenters. The van der Waals surface area contributed by atoms with Crippen molar-refractivity contribution in [3.8, 4) is 0 Å². The Hall–Kier alpha value is -1.95. The monoisotopic (exact) mass is 278 g/mol. The van der Waals surface area contributed by atoms with Gasteiger partial charge in [-0.15, -0.1) is 0 Å². The molecule has 2 rings (SSSR count). The van der Waals surface area contributed by atoms with Crippen LogP contribution >= 0.6 is 0 Å². The van der Waals surface area contributed by atoms with Gasteiger partial charge in [0.25, 0.3) is 11.6 Å². The van der Waals surface area contributed by atoms with Crippen molar-refractivity contribution in [2.45, 2.75) is 25.9 Å². The Kier molecular flexibility index (Phi) is 4.68. The summed E-state index contributed by atoms with van der Waals surface area (Å²) in [7, 11) is 0. The van der Waals surface area contributed by atoms with Crippen LogP contribution in [0.15, 0.2) is 24.3 Å². The summed E-state index contributed by atoms with van der Waals surface area (Å²) in [5.41, 5.74) is 0.472. The van der Waals surface area contributed by atoms with Crippen molar-refractivity contribution < 1.29 is 14.5 Å². The minimum atomic E-state index is -0.472. The maximum Gasteiger partial charge on any atom is 0.269 e. The number of nitrogens with zero attached hydrogens (tertiary/aromatic N) is 2. The predicted molar refractivity (Wildman–Crippen MR) is 73.6 cm³/mol. The van der Waals surface area contributed by atoms with Gasteiger partial charge >= 0.3 is 0 Å². The van der Waals surface area contributed by atoms with E-state index in [-0.39, 0.29) is 17.7 Å². The normalized spacial score (nSPS) is 18.9. The molecule has 1 aromatic carbocycles. The number of ether oxygens (including phenoxy) is 1. The Balaban J connectivity index is 2.04. The number of benzene rings is 1. The van der Waals surface area contributed by atoms with Gasteiger partial charge < -0.3 is 9.64 Å². The largest absolute Gasteiger partial charge is 0.377 e. The van der Waals surface area contributed by atoms with Gasteiger partial charge in [0.15, 0.2) is 0 Å². The number of rotatable bonds is 4. The number of likely N-dealkylation sites (tertiary alicyclic amines) is 1. The number of nitro benzene ring substituents is 1. The van der Waals surface area contributed by atoms with Gasteiger partial charge in [-0.25, -0.2) is 0 Å². The molecular weight excluding hydrogens is 260 g/mol. The van der Waals surface area contributed by atoms with Crippen LogP contribution in [-0.4, -0.2) is 41.5 Å². The summed E-state index contributed by atoms with van der Waals surface area (Å²) in [5, 5.41) is 10.6. The van der Waals surface area contributed by atoms with Crippen molar-refractivity contribution in [1.29, 1.82) is 0 Å². The average molecular weight is 278 g/mol. The van der Waals surface area contributed by atoms with Crippen LogP contribution in [0.4, 0.5) is 5.69 Å². The van der Waals surface area contributed by atoms with Gasteiger partial charge in [-0.2, -0.15) is 0 Å². The van der Waals surface area contributed by atoms with Crippen molar-refractivity contribution in [3.05, 3.63) is 39.9 Å². The van der Waals surface area contributed by atoms with Crippen molar-refractivity contribution in [2.24, 2.45) is 0 Å². The second-order valence-corrected chi connectivity index (χ2v) is 4.77. The van der Waals surface area contributed by atoms with Gasteiger partial charge in [0.2, 0.25) is 0 Å². The number of carbonyl (C=O) groups is 1. The zero-order valence-corrected chi connectivity index (χ0v) is 11.4. The SMILES string of the molecule is CCO[C@@H]1CCCN(C(=O)c2ccc([N+](=O)[O-])cc2)C1. The van der Waals surface area contributed by atoms with Gasteiger partial charge in [-0.1, -0.05) is 0 Å². The Labute approximate surface area is 117 Å². The number of nitro groups is 1. The lowest BCUT2D eigenvalue weighted by atomic mass is 10.1. The highest BCUT2D eigenvalue weighted by molar-refractivity contribution is 5.94. The molecule has 6 heteroatoms. The van der Waals surface area contributed by atoms with Crippen LogP contribution in [0, 0.1) is 10.1 Å². The molecule has 1 heterocycles. The van der Waals surface area contributed by atoms with E-state index in [0.29, 0.717) is 25.3 Å². The highest BCUT2D eigenvalue weighted by Crippen LogP contribution is 2.18. The van der Waals surface area contributed by atoms with E-state index in [0.717, 1.165) is 12.8 Å². The molecule has 1 atom stereocenters. The van der Waals surface area contributed by atoms with E-state index < -0.39 is 4.92 Å². The molecule has 0 spiro atoms. The molecule has 1 aliphatic heterocycles. The fourth-order valence-electron chi connectivity index (χ4n) is 2.40. The lowest BCUT2D eigenvalue weighted by molar-refractivity contribution is -0.384. The van der Waals surface area contributed by atoms with Crippen molar-refractivity contribution >= 4 is 11.6 Å². The molecule has 0 aliphatic carbocycles. The molecule has 1 amide bonds. The van der Waals surface area contributed by atoms with Crippen LogP contribution in [-0.2, 0) is 4.74 Å². The molecule has 0 aromatic heterocycles. The molecule has 1 saturated heterocycles. The zero-order valence-electron chi connectivity index (χ0n) is 11.4. The summed E-state index contributed by atoms with van der Waals surface area (Å²) in [4.78, 5) is 24.2. The maximum atomic E-state index is 12.3. The summed E-state index contributed by atoms with van der Waals surface area (Å²) >= 11 is 0. The first-order valence-corrected chi connectivity index (χ1v) is 6.77. The summed E-state index contributed by atoms with van der Waals surface area (Å²) in [5.74, 6) is -0.0932. The van der Waals surface area contributed by atoms with Crippen molar-refractivity contribution in [3.63, 3.8) is 0 Å². The van der Waals surface area contributed by atoms with E-state index in [2.05, 4.69) is 0 Å². The van der Waals surface area contributed by atoms with E-state index in [1.54, 1.807) is 4.90 Å². The fraction of sp³-hybridized carbons (Fsp3) is 0.500. The van der Waals surface area contributed by atoms with Crippen molar-refractivity contribution in [1.82, 2.24) is 4.90 Å². The van der Waals surface area contributed by atoms with Crippen LogP contribution < -0.4 is 0 Å². The standard InChI is InChI=1S/C14H18N2O4/c1-2-20-13-4-3-9-15(10-13)14(17)11-5-7-12(8-6-11)16(18)19/h5-8,13H,2-4,9-10H2,1H3/t13-/m1/s1. The first kappa shape index (κ1) is 14.5. The lowest BCUT2D eigenvalue weighted by Crippen LogP contribution is -2.43. The lowest BCUT2D eigenvalue weighted by Gasteiger charge is -2.32. The number of piperidine rings is 1. The predicted octanol–water partition coefficient (Wildman–Crippen LogP) is 2.24. The van der Waals surface area contributed by atoms with Crippen LogP contribution in [0.1, 0.15) is 30.1 Å². The van der Waals surface area contributed by atoms with Crippen LogP contribution in [0.5, 0.6) is 0 Å². The second-order valence-electron chi connectivity index (χ2n) is 4.77. The first-order chi connectivity index (χ1) is 9.61. The van der Waals surface area contributed by atoms with Crippen LogP contribution in [0.3, 0.4) is 0 Å². The Morgan fingerprint density at radius 3 is 2.75 bits per heavy atom. The fourth-order valence-corrected chi connectivity index (χ4v) is 2.40. The van der Waals surface area contributed by atoms with Crippen molar-refractivity contribution in [2.75, 3.05) is 19.7 Å². The van der Waals surface area contributed by atoms with E-state index in [1.807, 2.05) is 6.92 Å². The molecule has 6 nitrogen and oxygen atoms in total. The number of hydrogen-bond donors (Lipinski definition) is 0. The molecule has 108 valence electrons. The third-order valence-corrected chi connectivity index (χ3v) is 3.39. The molecule has 1 fully saturated rings. The minimum absolute atomic E-state index is 0.00705. The van der Waals surface area contributed by atoms with E-state index >= 15 is 0 Å².